The molecule has 2 aliphatic heterocycles. The van der Waals surface area contributed by atoms with Crippen LogP contribution in [-0.4, -0.2) is 83.8 Å². The third-order valence-electron chi connectivity index (χ3n) is 8.12. The number of amides is 2. The van der Waals surface area contributed by atoms with Crippen LogP contribution in [0.4, 0.5) is 4.39 Å². The minimum absolute atomic E-state index is 0.0869. The van der Waals surface area contributed by atoms with Crippen molar-refractivity contribution >= 4 is 17.5 Å². The van der Waals surface area contributed by atoms with Gasteiger partial charge in [0.05, 0.1) is 29.6 Å². The first-order valence-electron chi connectivity index (χ1n) is 14.0. The summed E-state index contributed by atoms with van der Waals surface area (Å²) < 4.78 is 21.3. The molecule has 3 aromatic heterocycles. The lowest BCUT2D eigenvalue weighted by Crippen LogP contribution is -2.62. The highest BCUT2D eigenvalue weighted by molar-refractivity contribution is 5.95. The van der Waals surface area contributed by atoms with E-state index in [0.29, 0.717) is 42.4 Å². The van der Waals surface area contributed by atoms with E-state index in [1.807, 2.05) is 19.9 Å². The molecule has 214 valence electrons. The molecular weight excluding hydrogens is 525 g/mol. The fraction of sp³-hybridized carbons (Fsp3) is 0.433. The van der Waals surface area contributed by atoms with Crippen LogP contribution < -0.4 is 0 Å². The van der Waals surface area contributed by atoms with Crippen molar-refractivity contribution in [2.45, 2.75) is 64.2 Å². The van der Waals surface area contributed by atoms with Crippen molar-refractivity contribution in [3.63, 3.8) is 0 Å². The summed E-state index contributed by atoms with van der Waals surface area (Å²) in [5.41, 5.74) is 3.19. The molecule has 10 nitrogen and oxygen atoms in total. The number of rotatable bonds is 4. The number of nitrogens with zero attached hydrogens (tertiary/aromatic N) is 6. The van der Waals surface area contributed by atoms with Gasteiger partial charge in [-0.2, -0.15) is 10.2 Å². The van der Waals surface area contributed by atoms with Crippen molar-refractivity contribution in [3.05, 3.63) is 71.6 Å². The van der Waals surface area contributed by atoms with E-state index in [2.05, 4.69) is 24.0 Å². The van der Waals surface area contributed by atoms with Gasteiger partial charge in [0.15, 0.2) is 5.65 Å². The number of fused-ring (bicyclic) bond motifs is 1. The highest BCUT2D eigenvalue weighted by Crippen LogP contribution is 2.37. The molecule has 0 saturated carbocycles. The number of halogens is 1. The number of imidazole rings is 1. The van der Waals surface area contributed by atoms with Crippen molar-refractivity contribution in [2.75, 3.05) is 19.6 Å². The molecule has 0 bridgehead atoms. The first kappa shape index (κ1) is 27.1. The molecule has 2 atom stereocenters. The number of piperazine rings is 1. The molecular formula is C30H34FN7O3. The molecule has 2 saturated heterocycles. The van der Waals surface area contributed by atoms with E-state index >= 15 is 0 Å². The number of hydrogen-bond acceptors (Lipinski definition) is 6. The Morgan fingerprint density at radius 1 is 1.05 bits per heavy atom. The molecule has 1 aromatic carbocycles. The molecule has 0 radical (unpaired) electrons. The zero-order valence-corrected chi connectivity index (χ0v) is 23.7. The van der Waals surface area contributed by atoms with E-state index in [0.717, 1.165) is 24.0 Å². The number of hydrogen-bond donors (Lipinski definition) is 1. The molecule has 2 unspecified atom stereocenters. The molecule has 2 amide bonds. The SMILES string of the molecule is CC1CC(c2cc(-c3ccc(F)cc3)nn3cc(C(=O)N4CCN(C(=O)c5ccn[nH]5)CC4(C)C)nc23)CC(C)O1. The third-order valence-corrected chi connectivity index (χ3v) is 8.12. The van der Waals surface area contributed by atoms with Crippen LogP contribution >= 0.6 is 0 Å². The second kappa shape index (κ2) is 10.4. The van der Waals surface area contributed by atoms with Crippen LogP contribution in [0.2, 0.25) is 0 Å². The van der Waals surface area contributed by atoms with Gasteiger partial charge in [-0.3, -0.25) is 14.7 Å². The van der Waals surface area contributed by atoms with Crippen molar-refractivity contribution in [3.8, 4) is 11.3 Å². The monoisotopic (exact) mass is 559 g/mol. The summed E-state index contributed by atoms with van der Waals surface area (Å²) in [5, 5.41) is 11.4. The van der Waals surface area contributed by atoms with E-state index in [1.54, 1.807) is 44.9 Å². The second-order valence-corrected chi connectivity index (χ2v) is 11.8. The summed E-state index contributed by atoms with van der Waals surface area (Å²) in [6, 6.07) is 9.91. The number of carbonyl (C=O) groups is 2. The number of aromatic nitrogens is 5. The number of aromatic amines is 1. The van der Waals surface area contributed by atoms with Gasteiger partial charge in [0, 0.05) is 37.0 Å². The summed E-state index contributed by atoms with van der Waals surface area (Å²) in [4.78, 5) is 35.2. The minimum Gasteiger partial charge on any atom is -0.376 e. The molecule has 4 aromatic rings. The number of ether oxygens (including phenoxy) is 1. The third kappa shape index (κ3) is 5.21. The van der Waals surface area contributed by atoms with Gasteiger partial charge in [-0.25, -0.2) is 13.9 Å². The Bertz CT molecular complexity index is 1570. The van der Waals surface area contributed by atoms with Crippen LogP contribution in [0.3, 0.4) is 0 Å². The van der Waals surface area contributed by atoms with Crippen molar-refractivity contribution in [2.24, 2.45) is 0 Å². The van der Waals surface area contributed by atoms with Crippen LogP contribution in [0.25, 0.3) is 16.9 Å². The standard InChI is InChI=1S/C30H34FN7O3/c1-18-13-21(14-19(2)41-18)23-15-25(20-5-7-22(31)8-6-20)35-38-16-26(33-27(23)38)29(40)37-12-11-36(17-30(37,3)4)28(39)24-9-10-32-34-24/h5-10,15-16,18-19,21H,11-14,17H2,1-4H3,(H,32,34). The first-order valence-corrected chi connectivity index (χ1v) is 14.0. The maximum atomic E-state index is 13.9. The van der Waals surface area contributed by atoms with Crippen molar-refractivity contribution in [1.29, 1.82) is 0 Å². The molecule has 11 heteroatoms. The van der Waals surface area contributed by atoms with E-state index in [1.165, 1.54) is 12.1 Å². The van der Waals surface area contributed by atoms with Crippen LogP contribution in [0.5, 0.6) is 0 Å². The smallest absolute Gasteiger partial charge is 0.274 e. The summed E-state index contributed by atoms with van der Waals surface area (Å²) in [7, 11) is 0. The predicted molar refractivity (Wildman–Crippen MR) is 150 cm³/mol. The Morgan fingerprint density at radius 3 is 2.44 bits per heavy atom. The fourth-order valence-electron chi connectivity index (χ4n) is 6.21. The van der Waals surface area contributed by atoms with Gasteiger partial charge in [-0.05, 0) is 82.9 Å². The largest absolute Gasteiger partial charge is 0.376 e. The van der Waals surface area contributed by atoms with Crippen molar-refractivity contribution in [1.82, 2.24) is 34.6 Å². The van der Waals surface area contributed by atoms with Gasteiger partial charge < -0.3 is 14.5 Å². The molecule has 0 aliphatic carbocycles. The topological polar surface area (TPSA) is 109 Å². The quantitative estimate of drug-likeness (QED) is 0.399. The van der Waals surface area contributed by atoms with E-state index in [9.17, 15) is 14.0 Å². The zero-order chi connectivity index (χ0) is 28.9. The van der Waals surface area contributed by atoms with Crippen LogP contribution in [0, 0.1) is 5.82 Å². The Labute approximate surface area is 237 Å². The lowest BCUT2D eigenvalue weighted by atomic mass is 9.86. The van der Waals surface area contributed by atoms with Crippen molar-refractivity contribution < 1.29 is 18.7 Å². The van der Waals surface area contributed by atoms with E-state index < -0.39 is 5.54 Å². The number of nitrogens with one attached hydrogen (secondary N) is 1. The Balaban J connectivity index is 1.34. The predicted octanol–water partition coefficient (Wildman–Crippen LogP) is 4.31. The lowest BCUT2D eigenvalue weighted by molar-refractivity contribution is -0.0378. The number of benzene rings is 1. The number of carbonyl (C=O) groups excluding carboxylic acids is 2. The lowest BCUT2D eigenvalue weighted by Gasteiger charge is -2.46. The molecule has 1 N–H and O–H groups in total. The maximum absolute atomic E-state index is 13.9. The zero-order valence-electron chi connectivity index (χ0n) is 23.7. The van der Waals surface area contributed by atoms with Gasteiger partial charge in [0.2, 0.25) is 0 Å². The van der Waals surface area contributed by atoms with Crippen LogP contribution in [0.15, 0.2) is 48.8 Å². The Kier molecular flexibility index (Phi) is 6.85. The molecule has 5 heterocycles. The summed E-state index contributed by atoms with van der Waals surface area (Å²) >= 11 is 0. The summed E-state index contributed by atoms with van der Waals surface area (Å²) in [6.07, 6.45) is 5.05. The second-order valence-electron chi connectivity index (χ2n) is 11.8. The van der Waals surface area contributed by atoms with E-state index in [-0.39, 0.29) is 35.8 Å². The summed E-state index contributed by atoms with van der Waals surface area (Å²) in [6.45, 7) is 9.19. The van der Waals surface area contributed by atoms with Gasteiger partial charge in [-0.1, -0.05) is 0 Å². The van der Waals surface area contributed by atoms with Gasteiger partial charge in [-0.15, -0.1) is 0 Å². The molecule has 0 spiro atoms. The van der Waals surface area contributed by atoms with Gasteiger partial charge >= 0.3 is 0 Å². The van der Waals surface area contributed by atoms with Gasteiger partial charge in [0.25, 0.3) is 11.8 Å². The average Bonchev–Trinajstić information content (AvgIpc) is 3.62. The first-order chi connectivity index (χ1) is 19.6. The molecule has 2 fully saturated rings. The molecule has 6 rings (SSSR count). The Morgan fingerprint density at radius 2 is 1.78 bits per heavy atom. The fourth-order valence-corrected chi connectivity index (χ4v) is 6.21. The highest BCUT2D eigenvalue weighted by Gasteiger charge is 2.40. The average molecular weight is 560 g/mol. The molecule has 2 aliphatic rings. The van der Waals surface area contributed by atoms with E-state index in [4.69, 9.17) is 14.8 Å². The maximum Gasteiger partial charge on any atom is 0.274 e. The normalized spacial score (nSPS) is 22.7. The summed E-state index contributed by atoms with van der Waals surface area (Å²) in [5.74, 6) is -0.501. The minimum atomic E-state index is -0.623. The number of H-pyrrole nitrogens is 1. The van der Waals surface area contributed by atoms with Crippen LogP contribution in [-0.2, 0) is 4.74 Å². The molecule has 41 heavy (non-hydrogen) atoms. The van der Waals surface area contributed by atoms with Crippen LogP contribution in [0.1, 0.15) is 73.0 Å². The highest BCUT2D eigenvalue weighted by atomic mass is 19.1. The van der Waals surface area contributed by atoms with Gasteiger partial charge in [0.1, 0.15) is 17.2 Å². The Hall–Kier alpha value is -4.12.